The van der Waals surface area contributed by atoms with E-state index in [-0.39, 0.29) is 6.10 Å². The molecule has 0 amide bonds. The molecular formula is C27H46O. The maximum atomic E-state index is 11.3. The fourth-order valence-electron chi connectivity index (χ4n) is 8.53. The van der Waals surface area contributed by atoms with Gasteiger partial charge in [0.2, 0.25) is 0 Å². The normalized spacial score (nSPS) is 46.5. The van der Waals surface area contributed by atoms with E-state index in [0.717, 1.165) is 36.0 Å². The molecule has 1 nitrogen and oxygen atoms in total. The molecule has 1 N–H and O–H groups in total. The molecule has 4 aliphatic carbocycles. The van der Waals surface area contributed by atoms with E-state index in [9.17, 15) is 5.11 Å². The number of allylic oxidation sites excluding steroid dienone is 1. The molecule has 0 heterocycles. The molecule has 0 aromatic carbocycles. The second-order valence-electron chi connectivity index (χ2n) is 12.1. The zero-order valence-corrected chi connectivity index (χ0v) is 19.3. The first-order chi connectivity index (χ1) is 13.3. The molecule has 3 saturated carbocycles. The van der Waals surface area contributed by atoms with Crippen molar-refractivity contribution in [2.75, 3.05) is 0 Å². The molecule has 8 atom stereocenters. The lowest BCUT2D eigenvalue weighted by Gasteiger charge is -2.60. The predicted octanol–water partition coefficient (Wildman–Crippen LogP) is 7.39. The minimum absolute atomic E-state index is 0.0814. The fraction of sp³-hybridized carbons (Fsp3) is 0.926. The second-order valence-corrected chi connectivity index (χ2v) is 12.1. The van der Waals surface area contributed by atoms with E-state index in [0.29, 0.717) is 16.7 Å². The van der Waals surface area contributed by atoms with E-state index in [2.05, 4.69) is 40.7 Å². The Morgan fingerprint density at radius 2 is 1.86 bits per heavy atom. The standard InChI is InChI=1S/C27H46O/c1-18(2)9-8-10-19(3)21-12-13-22-25-23(14-16-27(21,22)5)26(4)15-7-6-11-20(26)17-24(25)28/h13,18-21,23-25,28H,6-12,14-17H2,1-5H3. The Balaban J connectivity index is 1.52. The lowest BCUT2D eigenvalue weighted by molar-refractivity contribution is -0.114. The van der Waals surface area contributed by atoms with Crippen LogP contribution < -0.4 is 0 Å². The summed E-state index contributed by atoms with van der Waals surface area (Å²) < 4.78 is 0. The maximum Gasteiger partial charge on any atom is 0.0611 e. The Morgan fingerprint density at radius 1 is 1.07 bits per heavy atom. The van der Waals surface area contributed by atoms with Gasteiger partial charge in [-0.25, -0.2) is 0 Å². The average molecular weight is 387 g/mol. The Bertz CT molecular complexity index is 591. The molecule has 0 spiro atoms. The van der Waals surface area contributed by atoms with Gasteiger partial charge in [-0.3, -0.25) is 0 Å². The van der Waals surface area contributed by atoms with E-state index in [1.165, 1.54) is 64.2 Å². The first-order valence-electron chi connectivity index (χ1n) is 12.7. The molecule has 0 saturated heterocycles. The van der Waals surface area contributed by atoms with Crippen LogP contribution in [0.3, 0.4) is 0 Å². The van der Waals surface area contributed by atoms with Crippen LogP contribution in [0, 0.1) is 46.3 Å². The van der Waals surface area contributed by atoms with Crippen molar-refractivity contribution in [2.45, 2.75) is 111 Å². The Morgan fingerprint density at radius 3 is 2.61 bits per heavy atom. The molecule has 4 rings (SSSR count). The van der Waals surface area contributed by atoms with Gasteiger partial charge in [0.1, 0.15) is 0 Å². The highest BCUT2D eigenvalue weighted by atomic mass is 16.3. The topological polar surface area (TPSA) is 20.2 Å². The van der Waals surface area contributed by atoms with Gasteiger partial charge in [0.05, 0.1) is 6.10 Å². The van der Waals surface area contributed by atoms with Gasteiger partial charge < -0.3 is 5.11 Å². The van der Waals surface area contributed by atoms with Crippen LogP contribution in [-0.2, 0) is 0 Å². The highest BCUT2D eigenvalue weighted by molar-refractivity contribution is 5.31. The van der Waals surface area contributed by atoms with Crippen molar-refractivity contribution in [1.29, 1.82) is 0 Å². The summed E-state index contributed by atoms with van der Waals surface area (Å²) in [6.45, 7) is 12.4. The largest absolute Gasteiger partial charge is 0.392 e. The molecule has 160 valence electrons. The van der Waals surface area contributed by atoms with Crippen molar-refractivity contribution in [1.82, 2.24) is 0 Å². The van der Waals surface area contributed by atoms with Crippen LogP contribution in [-0.4, -0.2) is 11.2 Å². The molecule has 0 aromatic rings. The van der Waals surface area contributed by atoms with Crippen molar-refractivity contribution >= 4 is 0 Å². The Kier molecular flexibility index (Phi) is 5.80. The molecule has 1 heteroatoms. The van der Waals surface area contributed by atoms with Crippen molar-refractivity contribution in [3.8, 4) is 0 Å². The van der Waals surface area contributed by atoms with Crippen molar-refractivity contribution in [3.05, 3.63) is 11.6 Å². The van der Waals surface area contributed by atoms with Gasteiger partial charge in [-0.05, 0) is 78.9 Å². The smallest absolute Gasteiger partial charge is 0.0611 e. The average Bonchev–Trinajstić information content (AvgIpc) is 2.99. The Labute approximate surface area is 174 Å². The minimum Gasteiger partial charge on any atom is -0.392 e. The number of aliphatic hydroxyl groups excluding tert-OH is 1. The molecule has 8 unspecified atom stereocenters. The van der Waals surface area contributed by atoms with Crippen LogP contribution in [0.2, 0.25) is 0 Å². The maximum absolute atomic E-state index is 11.3. The van der Waals surface area contributed by atoms with Crippen molar-refractivity contribution in [2.24, 2.45) is 46.3 Å². The zero-order valence-electron chi connectivity index (χ0n) is 19.3. The van der Waals surface area contributed by atoms with Gasteiger partial charge in [-0.15, -0.1) is 0 Å². The van der Waals surface area contributed by atoms with Gasteiger partial charge in [0.15, 0.2) is 0 Å². The number of hydrogen-bond donors (Lipinski definition) is 1. The summed E-state index contributed by atoms with van der Waals surface area (Å²) in [6, 6.07) is 0. The third-order valence-electron chi connectivity index (χ3n) is 10.2. The zero-order chi connectivity index (χ0) is 20.1. The number of aliphatic hydroxyl groups is 1. The highest BCUT2D eigenvalue weighted by Crippen LogP contribution is 2.66. The van der Waals surface area contributed by atoms with Crippen LogP contribution in [0.5, 0.6) is 0 Å². The van der Waals surface area contributed by atoms with Crippen molar-refractivity contribution < 1.29 is 5.11 Å². The van der Waals surface area contributed by atoms with E-state index in [4.69, 9.17) is 0 Å². The number of hydrogen-bond acceptors (Lipinski definition) is 1. The third-order valence-corrected chi connectivity index (χ3v) is 10.2. The molecule has 28 heavy (non-hydrogen) atoms. The summed E-state index contributed by atoms with van der Waals surface area (Å²) in [7, 11) is 0. The fourth-order valence-corrected chi connectivity index (χ4v) is 8.53. The Hall–Kier alpha value is -0.300. The van der Waals surface area contributed by atoms with Gasteiger partial charge in [0.25, 0.3) is 0 Å². The lowest BCUT2D eigenvalue weighted by Crippen LogP contribution is -2.55. The summed E-state index contributed by atoms with van der Waals surface area (Å²) in [5, 5.41) is 11.3. The molecule has 0 aromatic heterocycles. The van der Waals surface area contributed by atoms with Gasteiger partial charge >= 0.3 is 0 Å². The summed E-state index contributed by atoms with van der Waals surface area (Å²) in [6.07, 6.45) is 17.3. The van der Waals surface area contributed by atoms with Gasteiger partial charge in [-0.1, -0.05) is 78.4 Å². The molecule has 0 radical (unpaired) electrons. The van der Waals surface area contributed by atoms with Crippen LogP contribution in [0.1, 0.15) is 105 Å². The first kappa shape index (κ1) is 21.0. The molecule has 0 bridgehead atoms. The van der Waals surface area contributed by atoms with Crippen LogP contribution in [0.25, 0.3) is 0 Å². The minimum atomic E-state index is -0.0814. The molecule has 3 fully saturated rings. The summed E-state index contributed by atoms with van der Waals surface area (Å²) in [5.41, 5.74) is 2.55. The van der Waals surface area contributed by atoms with E-state index >= 15 is 0 Å². The second kappa shape index (κ2) is 7.75. The quantitative estimate of drug-likeness (QED) is 0.488. The molecular weight excluding hydrogens is 340 g/mol. The van der Waals surface area contributed by atoms with E-state index in [1.807, 2.05) is 0 Å². The van der Waals surface area contributed by atoms with Gasteiger partial charge in [0, 0.05) is 5.92 Å². The van der Waals surface area contributed by atoms with E-state index in [1.54, 1.807) is 5.57 Å². The molecule has 4 aliphatic rings. The van der Waals surface area contributed by atoms with Gasteiger partial charge in [-0.2, -0.15) is 0 Å². The predicted molar refractivity (Wildman–Crippen MR) is 119 cm³/mol. The first-order valence-corrected chi connectivity index (χ1v) is 12.7. The lowest BCUT2D eigenvalue weighted by atomic mass is 9.45. The van der Waals surface area contributed by atoms with Crippen LogP contribution in [0.4, 0.5) is 0 Å². The van der Waals surface area contributed by atoms with Crippen LogP contribution >= 0.6 is 0 Å². The third kappa shape index (κ3) is 3.32. The summed E-state index contributed by atoms with van der Waals surface area (Å²) in [5.74, 6) is 4.42. The van der Waals surface area contributed by atoms with E-state index < -0.39 is 0 Å². The van der Waals surface area contributed by atoms with Crippen molar-refractivity contribution in [3.63, 3.8) is 0 Å². The SMILES string of the molecule is CC(C)CCCC(C)C1CC=C2C3C(O)CC4CCCCC4(C)C3CCC21C. The highest BCUT2D eigenvalue weighted by Gasteiger charge is 2.59. The number of fused-ring (bicyclic) bond motifs is 5. The number of rotatable bonds is 5. The molecule has 0 aliphatic heterocycles. The monoisotopic (exact) mass is 386 g/mol. The van der Waals surface area contributed by atoms with Crippen LogP contribution in [0.15, 0.2) is 11.6 Å². The summed E-state index contributed by atoms with van der Waals surface area (Å²) >= 11 is 0. The summed E-state index contributed by atoms with van der Waals surface area (Å²) in [4.78, 5) is 0.